The fraction of sp³-hybridized carbons (Fsp3) is 0.500. The van der Waals surface area contributed by atoms with Crippen molar-refractivity contribution in [1.82, 2.24) is 0 Å². The molecule has 2 atom stereocenters. The van der Waals surface area contributed by atoms with Gasteiger partial charge in [-0.25, -0.2) is 0 Å². The standard InChI is InChI=1S/C10H14N.2CH3.2ClH.H2Si.Ti/c11-7-9-6-5-8-3-1-2-4-10(8)9;;;;;;/h1-2,4,8-9,11H,3,5-7H2;2*1H3;2*1H;1H2;/q3*-1;;;;. The second kappa shape index (κ2) is 15.0. The Bertz CT molecular complexity index is 235. The van der Waals surface area contributed by atoms with Crippen molar-refractivity contribution in [3.63, 3.8) is 0 Å². The zero-order valence-corrected chi connectivity index (χ0v) is 15.3. The molecule has 0 radical (unpaired) electrons. The SMILES string of the molecule is Cl.Cl.[CH3-].[CH3-].[NH-]CC1CCC2CC=CC=C12.[SiH2]=[Ti]. The maximum absolute atomic E-state index is 7.36. The number of hydrogen-bond donors (Lipinski definition) is 0. The molecule has 0 amide bonds. The maximum atomic E-state index is 7.36. The minimum absolute atomic E-state index is 0. The normalized spacial score (nSPS) is 22.9. The molecular weight excluding hydrogens is 305 g/mol. The Morgan fingerprint density at radius 1 is 1.24 bits per heavy atom. The van der Waals surface area contributed by atoms with Gasteiger partial charge in [-0.2, -0.15) is 0 Å². The van der Waals surface area contributed by atoms with Gasteiger partial charge in [-0.1, -0.05) is 23.8 Å². The Kier molecular flexibility index (Phi) is 23.4. The van der Waals surface area contributed by atoms with E-state index in [4.69, 9.17) is 5.73 Å². The predicted octanol–water partition coefficient (Wildman–Crippen LogP) is 3.78. The summed E-state index contributed by atoms with van der Waals surface area (Å²) in [5.41, 5.74) is 8.92. The quantitative estimate of drug-likeness (QED) is 0.516. The fourth-order valence-electron chi connectivity index (χ4n) is 2.24. The molecule has 2 rings (SSSR count). The summed E-state index contributed by atoms with van der Waals surface area (Å²) in [5, 5.41) is 0. The molecule has 2 aliphatic carbocycles. The first-order valence-corrected chi connectivity index (χ1v) is 8.80. The summed E-state index contributed by atoms with van der Waals surface area (Å²) in [5.74, 6) is 1.39. The van der Waals surface area contributed by atoms with Gasteiger partial charge in [0.25, 0.3) is 0 Å². The molecule has 0 aromatic carbocycles. The number of nitrogens with one attached hydrogen (secondary N) is 1. The molecule has 1 N–H and O–H groups in total. The van der Waals surface area contributed by atoms with Crippen LogP contribution in [0.3, 0.4) is 0 Å². The molecular formula is C12H24Cl2NSiTi-3. The van der Waals surface area contributed by atoms with Gasteiger partial charge < -0.3 is 20.6 Å². The summed E-state index contributed by atoms with van der Waals surface area (Å²) >= 11 is 2.03. The third-order valence-corrected chi connectivity index (χ3v) is 2.90. The summed E-state index contributed by atoms with van der Waals surface area (Å²) in [4.78, 5) is 0. The van der Waals surface area contributed by atoms with Gasteiger partial charge in [-0.15, -0.1) is 31.4 Å². The molecule has 1 nitrogen and oxygen atoms in total. The number of rotatable bonds is 1. The molecule has 0 bridgehead atoms. The van der Waals surface area contributed by atoms with Crippen molar-refractivity contribution in [3.05, 3.63) is 44.4 Å². The minimum atomic E-state index is 0. The van der Waals surface area contributed by atoms with Crippen molar-refractivity contribution in [2.75, 3.05) is 6.54 Å². The molecule has 5 heteroatoms. The second-order valence-corrected chi connectivity index (χ2v) is 3.51. The number of fused-ring (bicyclic) bond motifs is 1. The number of halogens is 2. The molecule has 0 aliphatic heterocycles. The van der Waals surface area contributed by atoms with Crippen LogP contribution in [0.4, 0.5) is 0 Å². The third kappa shape index (κ3) is 7.19. The van der Waals surface area contributed by atoms with Gasteiger partial charge >= 0.3 is 26.8 Å². The summed E-state index contributed by atoms with van der Waals surface area (Å²) < 4.78 is 0. The van der Waals surface area contributed by atoms with Crippen LogP contribution in [0.15, 0.2) is 23.8 Å². The summed E-state index contributed by atoms with van der Waals surface area (Å²) in [6, 6.07) is 0. The van der Waals surface area contributed by atoms with E-state index in [9.17, 15) is 0 Å². The predicted molar refractivity (Wildman–Crippen MR) is 83.1 cm³/mol. The Labute approximate surface area is 133 Å². The van der Waals surface area contributed by atoms with Crippen LogP contribution in [0.2, 0.25) is 0 Å². The van der Waals surface area contributed by atoms with Crippen molar-refractivity contribution in [2.45, 2.75) is 19.3 Å². The molecule has 0 aromatic rings. The van der Waals surface area contributed by atoms with E-state index in [0.29, 0.717) is 12.5 Å². The summed E-state index contributed by atoms with van der Waals surface area (Å²) in [6.45, 7) is 0.593. The summed E-state index contributed by atoms with van der Waals surface area (Å²) in [7, 11) is 1.86. The summed E-state index contributed by atoms with van der Waals surface area (Å²) in [6.07, 6.45) is 10.4. The van der Waals surface area contributed by atoms with Gasteiger partial charge in [-0.05, 0) is 31.1 Å². The van der Waals surface area contributed by atoms with Crippen molar-refractivity contribution >= 4 is 32.4 Å². The van der Waals surface area contributed by atoms with Crippen LogP contribution in [0.25, 0.3) is 5.73 Å². The van der Waals surface area contributed by atoms with Crippen molar-refractivity contribution in [2.24, 2.45) is 11.8 Å². The zero-order valence-electron chi connectivity index (χ0n) is 10.7. The van der Waals surface area contributed by atoms with E-state index in [1.165, 1.54) is 19.3 Å². The van der Waals surface area contributed by atoms with Crippen LogP contribution in [-0.4, -0.2) is 14.2 Å². The molecule has 0 aromatic heterocycles. The Hall–Kier alpha value is 0.951. The Balaban J connectivity index is -0.000000134. The van der Waals surface area contributed by atoms with E-state index in [1.807, 2.05) is 26.8 Å². The first-order valence-electron chi connectivity index (χ1n) is 4.78. The van der Waals surface area contributed by atoms with E-state index in [1.54, 1.807) is 5.57 Å². The average Bonchev–Trinajstić information content (AvgIpc) is 2.64. The van der Waals surface area contributed by atoms with E-state index in [2.05, 4.69) is 18.2 Å². The van der Waals surface area contributed by atoms with Gasteiger partial charge in [0.15, 0.2) is 0 Å². The molecule has 1 fully saturated rings. The van der Waals surface area contributed by atoms with Gasteiger partial charge in [0.2, 0.25) is 0 Å². The second-order valence-electron chi connectivity index (χ2n) is 3.51. The molecule has 102 valence electrons. The number of allylic oxidation sites excluding steroid dienone is 3. The van der Waals surface area contributed by atoms with Crippen LogP contribution < -0.4 is 0 Å². The van der Waals surface area contributed by atoms with Crippen LogP contribution in [-0.2, 0) is 19.2 Å². The van der Waals surface area contributed by atoms with Crippen molar-refractivity contribution in [3.8, 4) is 0 Å². The van der Waals surface area contributed by atoms with Gasteiger partial charge in [0.05, 0.1) is 0 Å². The molecule has 2 aliphatic rings. The zero-order chi connectivity index (χ0) is 9.68. The number of hydrogen-bond acceptors (Lipinski definition) is 0. The van der Waals surface area contributed by atoms with Gasteiger partial charge in [-0.3, -0.25) is 0 Å². The van der Waals surface area contributed by atoms with Crippen LogP contribution in [0.5, 0.6) is 0 Å². The van der Waals surface area contributed by atoms with Gasteiger partial charge in [0, 0.05) is 0 Å². The van der Waals surface area contributed by atoms with Gasteiger partial charge in [0.1, 0.15) is 0 Å². The fourth-order valence-corrected chi connectivity index (χ4v) is 2.24. The first-order chi connectivity index (χ1) is 6.42. The Morgan fingerprint density at radius 2 is 1.82 bits per heavy atom. The van der Waals surface area contributed by atoms with E-state index in [0.717, 1.165) is 5.92 Å². The third-order valence-electron chi connectivity index (χ3n) is 2.90. The van der Waals surface area contributed by atoms with Crippen molar-refractivity contribution < 1.29 is 19.2 Å². The van der Waals surface area contributed by atoms with Crippen LogP contribution >= 0.6 is 24.8 Å². The van der Waals surface area contributed by atoms with E-state index < -0.39 is 0 Å². The van der Waals surface area contributed by atoms with Crippen LogP contribution in [0, 0.1) is 26.7 Å². The Morgan fingerprint density at radius 3 is 2.35 bits per heavy atom. The van der Waals surface area contributed by atoms with E-state index >= 15 is 0 Å². The first kappa shape index (κ1) is 26.5. The van der Waals surface area contributed by atoms with Crippen molar-refractivity contribution in [1.29, 1.82) is 0 Å². The molecule has 0 spiro atoms. The molecule has 0 heterocycles. The molecule has 1 saturated carbocycles. The topological polar surface area (TPSA) is 23.8 Å². The average molecular weight is 329 g/mol. The van der Waals surface area contributed by atoms with Crippen LogP contribution in [0.1, 0.15) is 19.3 Å². The van der Waals surface area contributed by atoms with E-state index in [-0.39, 0.29) is 39.7 Å². The molecule has 17 heavy (non-hydrogen) atoms. The monoisotopic (exact) mass is 328 g/mol. The molecule has 2 unspecified atom stereocenters. The molecule has 0 saturated heterocycles.